The molecule has 4 rings (SSSR count). The number of hydrogen-bond acceptors (Lipinski definition) is 5. The average Bonchev–Trinajstić information content (AvgIpc) is 2.85. The Hall–Kier alpha value is -3.01. The van der Waals surface area contributed by atoms with Gasteiger partial charge >= 0.3 is 0 Å². The van der Waals surface area contributed by atoms with Gasteiger partial charge in [0.05, 0.1) is 15.7 Å². The van der Waals surface area contributed by atoms with Gasteiger partial charge in [0.25, 0.3) is 0 Å². The highest BCUT2D eigenvalue weighted by Gasteiger charge is 2.34. The summed E-state index contributed by atoms with van der Waals surface area (Å²) in [6.07, 6.45) is 2.18. The van der Waals surface area contributed by atoms with E-state index in [1.54, 1.807) is 24.3 Å². The highest BCUT2D eigenvalue weighted by atomic mass is 32.2. The number of sulfonamides is 1. The lowest BCUT2D eigenvalue weighted by Gasteiger charge is -2.31. The largest absolute Gasteiger partial charge is 0.326 e. The van der Waals surface area contributed by atoms with Crippen LogP contribution in [0.4, 0.5) is 5.69 Å². The highest BCUT2D eigenvalue weighted by Crippen LogP contribution is 2.32. The molecule has 1 fully saturated rings. The molecule has 1 heterocycles. The summed E-state index contributed by atoms with van der Waals surface area (Å²) in [7, 11) is -7.70. The SMILES string of the molecule is Cc1ccc(NC(=O)C2CCCN(S(=O)(=O)c3ccc(-c4ccccc4)c(S(C)(=O)=O)c3)C2)cc1. The van der Waals surface area contributed by atoms with Gasteiger partial charge in [0.15, 0.2) is 9.84 Å². The van der Waals surface area contributed by atoms with Crippen molar-refractivity contribution in [3.63, 3.8) is 0 Å². The predicted octanol–water partition coefficient (Wildman–Crippen LogP) is 4.10. The van der Waals surface area contributed by atoms with E-state index in [2.05, 4.69) is 5.32 Å². The molecule has 1 aliphatic heterocycles. The van der Waals surface area contributed by atoms with Gasteiger partial charge in [-0.3, -0.25) is 4.79 Å². The van der Waals surface area contributed by atoms with E-state index in [9.17, 15) is 21.6 Å². The second-order valence-corrected chi connectivity index (χ2v) is 12.8. The molecular formula is C26H28N2O5S2. The van der Waals surface area contributed by atoms with Crippen molar-refractivity contribution in [3.8, 4) is 11.1 Å². The maximum atomic E-state index is 13.5. The Morgan fingerprint density at radius 2 is 1.63 bits per heavy atom. The highest BCUT2D eigenvalue weighted by molar-refractivity contribution is 7.91. The standard InChI is InChI=1S/C26H28N2O5S2/c1-19-10-12-22(13-11-19)27-26(29)21-9-6-16-28(18-21)35(32,33)23-14-15-24(20-7-4-3-5-8-20)25(17-23)34(2,30)31/h3-5,7-8,10-15,17,21H,6,9,16,18H2,1-2H3,(H,27,29). The van der Waals surface area contributed by atoms with Gasteiger partial charge in [-0.1, -0.05) is 54.1 Å². The van der Waals surface area contributed by atoms with Crippen LogP contribution in [0.5, 0.6) is 0 Å². The average molecular weight is 513 g/mol. The number of amides is 1. The van der Waals surface area contributed by atoms with Crippen molar-refractivity contribution in [2.75, 3.05) is 24.7 Å². The number of aryl methyl sites for hydroxylation is 1. The Balaban J connectivity index is 1.60. The summed E-state index contributed by atoms with van der Waals surface area (Å²) >= 11 is 0. The van der Waals surface area contributed by atoms with Gasteiger partial charge in [-0.25, -0.2) is 16.8 Å². The molecule has 9 heteroatoms. The molecule has 3 aromatic rings. The molecule has 0 bridgehead atoms. The van der Waals surface area contributed by atoms with Gasteiger partial charge in [-0.2, -0.15) is 4.31 Å². The molecule has 0 radical (unpaired) electrons. The predicted molar refractivity (Wildman–Crippen MR) is 136 cm³/mol. The summed E-state index contributed by atoms with van der Waals surface area (Å²) in [6.45, 7) is 2.26. The number of benzene rings is 3. The fourth-order valence-corrected chi connectivity index (χ4v) is 6.78. The minimum Gasteiger partial charge on any atom is -0.326 e. The molecular weight excluding hydrogens is 484 g/mol. The van der Waals surface area contributed by atoms with Crippen LogP contribution in [-0.2, 0) is 24.7 Å². The van der Waals surface area contributed by atoms with Crippen LogP contribution in [0.15, 0.2) is 82.6 Å². The summed E-state index contributed by atoms with van der Waals surface area (Å²) in [5.41, 5.74) is 2.86. The van der Waals surface area contributed by atoms with Crippen molar-refractivity contribution in [3.05, 3.63) is 78.4 Å². The number of anilines is 1. The van der Waals surface area contributed by atoms with Gasteiger partial charge in [0.2, 0.25) is 15.9 Å². The second-order valence-electron chi connectivity index (χ2n) is 8.85. The number of carbonyl (C=O) groups is 1. The van der Waals surface area contributed by atoms with Crippen molar-refractivity contribution >= 4 is 31.5 Å². The molecule has 1 saturated heterocycles. The molecule has 0 spiro atoms. The van der Waals surface area contributed by atoms with Crippen molar-refractivity contribution in [1.82, 2.24) is 4.31 Å². The third-order valence-electron chi connectivity index (χ3n) is 6.15. The quantitative estimate of drug-likeness (QED) is 0.536. The molecule has 1 aliphatic rings. The molecule has 7 nitrogen and oxygen atoms in total. The molecule has 0 aromatic heterocycles. The lowest BCUT2D eigenvalue weighted by atomic mass is 9.98. The third kappa shape index (κ3) is 5.63. The van der Waals surface area contributed by atoms with E-state index in [-0.39, 0.29) is 28.8 Å². The van der Waals surface area contributed by atoms with Gasteiger partial charge in [-0.05, 0) is 49.6 Å². The van der Waals surface area contributed by atoms with Crippen LogP contribution in [0.1, 0.15) is 18.4 Å². The first-order valence-corrected chi connectivity index (χ1v) is 14.7. The fourth-order valence-electron chi connectivity index (χ4n) is 4.23. The number of piperidine rings is 1. The molecule has 35 heavy (non-hydrogen) atoms. The molecule has 1 unspecified atom stereocenters. The molecule has 1 amide bonds. The van der Waals surface area contributed by atoms with Crippen LogP contribution < -0.4 is 5.32 Å². The Bertz CT molecular complexity index is 1430. The zero-order valence-corrected chi connectivity index (χ0v) is 21.3. The second kappa shape index (κ2) is 9.93. The zero-order chi connectivity index (χ0) is 25.2. The molecule has 0 saturated carbocycles. The van der Waals surface area contributed by atoms with E-state index in [0.717, 1.165) is 11.8 Å². The van der Waals surface area contributed by atoms with Crippen molar-refractivity contribution in [2.45, 2.75) is 29.6 Å². The summed E-state index contributed by atoms with van der Waals surface area (Å²) < 4.78 is 53.3. The molecule has 1 N–H and O–H groups in total. The van der Waals surface area contributed by atoms with Gasteiger partial charge in [0, 0.05) is 30.6 Å². The Labute approximate surface area is 206 Å². The smallest absolute Gasteiger partial charge is 0.243 e. The zero-order valence-electron chi connectivity index (χ0n) is 19.6. The molecule has 184 valence electrons. The van der Waals surface area contributed by atoms with E-state index in [4.69, 9.17) is 0 Å². The number of sulfone groups is 1. The van der Waals surface area contributed by atoms with Crippen LogP contribution in [0.25, 0.3) is 11.1 Å². The van der Waals surface area contributed by atoms with E-state index < -0.39 is 25.8 Å². The number of carbonyl (C=O) groups excluding carboxylic acids is 1. The van der Waals surface area contributed by atoms with Crippen molar-refractivity contribution in [1.29, 1.82) is 0 Å². The van der Waals surface area contributed by atoms with Crippen LogP contribution >= 0.6 is 0 Å². The topological polar surface area (TPSA) is 101 Å². The van der Waals surface area contributed by atoms with Gasteiger partial charge in [-0.15, -0.1) is 0 Å². The van der Waals surface area contributed by atoms with Crippen molar-refractivity contribution in [2.24, 2.45) is 5.92 Å². The summed E-state index contributed by atoms with van der Waals surface area (Å²) in [5.74, 6) is -0.734. The molecule has 0 aliphatic carbocycles. The fraction of sp³-hybridized carbons (Fsp3) is 0.269. The van der Waals surface area contributed by atoms with E-state index >= 15 is 0 Å². The minimum absolute atomic E-state index is 0.0364. The third-order valence-corrected chi connectivity index (χ3v) is 9.15. The van der Waals surface area contributed by atoms with Gasteiger partial charge < -0.3 is 5.32 Å². The monoisotopic (exact) mass is 512 g/mol. The lowest BCUT2D eigenvalue weighted by molar-refractivity contribution is -0.120. The Kier molecular flexibility index (Phi) is 7.12. The maximum Gasteiger partial charge on any atom is 0.243 e. The molecule has 3 aromatic carbocycles. The lowest BCUT2D eigenvalue weighted by Crippen LogP contribution is -2.43. The normalized spacial score (nSPS) is 17.1. The van der Waals surface area contributed by atoms with Gasteiger partial charge in [0.1, 0.15) is 0 Å². The number of nitrogens with one attached hydrogen (secondary N) is 1. The number of nitrogens with zero attached hydrogens (tertiary/aromatic N) is 1. The molecule has 1 atom stereocenters. The van der Waals surface area contributed by atoms with E-state index in [1.165, 1.54) is 22.5 Å². The van der Waals surface area contributed by atoms with Crippen LogP contribution in [0.3, 0.4) is 0 Å². The number of hydrogen-bond donors (Lipinski definition) is 1. The Morgan fingerprint density at radius 3 is 2.29 bits per heavy atom. The summed E-state index contributed by atoms with van der Waals surface area (Å²) in [6, 6.07) is 20.6. The minimum atomic E-state index is -4.00. The van der Waals surface area contributed by atoms with E-state index in [1.807, 2.05) is 37.3 Å². The summed E-state index contributed by atoms with van der Waals surface area (Å²) in [4.78, 5) is 12.7. The van der Waals surface area contributed by atoms with Crippen LogP contribution in [0.2, 0.25) is 0 Å². The maximum absolute atomic E-state index is 13.5. The first-order chi connectivity index (χ1) is 16.6. The van der Waals surface area contributed by atoms with Crippen LogP contribution in [-0.4, -0.2) is 46.4 Å². The number of rotatable bonds is 6. The van der Waals surface area contributed by atoms with Crippen LogP contribution in [0, 0.1) is 12.8 Å². The summed E-state index contributed by atoms with van der Waals surface area (Å²) in [5, 5.41) is 2.87. The Morgan fingerprint density at radius 1 is 0.943 bits per heavy atom. The first-order valence-electron chi connectivity index (χ1n) is 11.3. The van der Waals surface area contributed by atoms with Crippen molar-refractivity contribution < 1.29 is 21.6 Å². The van der Waals surface area contributed by atoms with E-state index in [0.29, 0.717) is 29.7 Å². The first kappa shape index (κ1) is 25.1.